The average Bonchev–Trinajstić information content (AvgIpc) is 2.31. The van der Waals surface area contributed by atoms with Gasteiger partial charge < -0.3 is 0 Å². The van der Waals surface area contributed by atoms with Gasteiger partial charge in [-0.15, -0.1) is 0 Å². The third-order valence-corrected chi connectivity index (χ3v) is 3.45. The maximum Gasteiger partial charge on any atom is -0.0279 e. The Morgan fingerprint density at radius 1 is 0.467 bits per heavy atom. The van der Waals surface area contributed by atoms with Crippen molar-refractivity contribution in [2.45, 2.75) is 57.8 Å². The van der Waals surface area contributed by atoms with Crippen LogP contribution in [-0.4, -0.2) is 0 Å². The van der Waals surface area contributed by atoms with Gasteiger partial charge in [0, 0.05) is 0 Å². The SMILES string of the molecule is c1cc2ccc1CCCCCCCCC2. The molecule has 0 atom stereocenters. The fraction of sp³-hybridized carbons (Fsp3) is 0.600. The number of hydrogen-bond acceptors (Lipinski definition) is 0. The molecule has 0 heteroatoms. The van der Waals surface area contributed by atoms with Crippen LogP contribution in [0.4, 0.5) is 0 Å². The first-order valence-electron chi connectivity index (χ1n) is 6.53. The zero-order valence-corrected chi connectivity index (χ0v) is 9.67. The van der Waals surface area contributed by atoms with E-state index in [2.05, 4.69) is 24.3 Å². The van der Waals surface area contributed by atoms with E-state index in [0.29, 0.717) is 0 Å². The molecule has 2 aliphatic carbocycles. The van der Waals surface area contributed by atoms with Gasteiger partial charge >= 0.3 is 0 Å². The molecule has 0 spiro atoms. The van der Waals surface area contributed by atoms with Crippen molar-refractivity contribution in [3.63, 3.8) is 0 Å². The third kappa shape index (κ3) is 3.70. The van der Waals surface area contributed by atoms with Crippen LogP contribution in [0.5, 0.6) is 0 Å². The van der Waals surface area contributed by atoms with Gasteiger partial charge in [0.1, 0.15) is 0 Å². The second-order valence-corrected chi connectivity index (χ2v) is 4.79. The number of benzene rings is 1. The Balaban J connectivity index is 1.97. The Bertz CT molecular complexity index is 242. The fourth-order valence-corrected chi connectivity index (χ4v) is 2.41. The van der Waals surface area contributed by atoms with Gasteiger partial charge in [-0.1, -0.05) is 56.4 Å². The lowest BCUT2D eigenvalue weighted by Crippen LogP contribution is -1.87. The summed E-state index contributed by atoms with van der Waals surface area (Å²) >= 11 is 0. The van der Waals surface area contributed by atoms with Gasteiger partial charge in [-0.2, -0.15) is 0 Å². The van der Waals surface area contributed by atoms with E-state index in [9.17, 15) is 0 Å². The minimum atomic E-state index is 1.28. The van der Waals surface area contributed by atoms with E-state index in [1.54, 1.807) is 0 Å². The topological polar surface area (TPSA) is 0 Å². The molecule has 0 saturated heterocycles. The summed E-state index contributed by atoms with van der Waals surface area (Å²) < 4.78 is 0. The van der Waals surface area contributed by atoms with Gasteiger partial charge in [0.2, 0.25) is 0 Å². The van der Waals surface area contributed by atoms with Crippen LogP contribution in [0, 0.1) is 0 Å². The molecule has 0 saturated carbocycles. The molecular weight excluding hydrogens is 180 g/mol. The molecule has 82 valence electrons. The predicted molar refractivity (Wildman–Crippen MR) is 66.2 cm³/mol. The summed E-state index contributed by atoms with van der Waals surface area (Å²) in [5, 5.41) is 0. The van der Waals surface area contributed by atoms with Crippen molar-refractivity contribution in [3.05, 3.63) is 35.4 Å². The van der Waals surface area contributed by atoms with Gasteiger partial charge in [-0.05, 0) is 36.8 Å². The van der Waals surface area contributed by atoms with Crippen LogP contribution in [0.15, 0.2) is 24.3 Å². The van der Waals surface area contributed by atoms with Crippen LogP contribution < -0.4 is 0 Å². The second kappa shape index (κ2) is 5.95. The first-order chi connectivity index (χ1) is 7.45. The monoisotopic (exact) mass is 202 g/mol. The average molecular weight is 202 g/mol. The van der Waals surface area contributed by atoms with Crippen LogP contribution in [0.1, 0.15) is 56.1 Å². The summed E-state index contributed by atoms with van der Waals surface area (Å²) in [5.41, 5.74) is 3.05. The molecule has 0 aromatic heterocycles. The van der Waals surface area contributed by atoms with Gasteiger partial charge in [-0.25, -0.2) is 0 Å². The van der Waals surface area contributed by atoms with Crippen molar-refractivity contribution in [3.8, 4) is 0 Å². The molecule has 3 rings (SSSR count). The van der Waals surface area contributed by atoms with Crippen molar-refractivity contribution in [1.29, 1.82) is 0 Å². The summed E-state index contributed by atoms with van der Waals surface area (Å²) in [6.45, 7) is 0. The summed E-state index contributed by atoms with van der Waals surface area (Å²) in [6, 6.07) is 9.31. The first-order valence-corrected chi connectivity index (χ1v) is 6.53. The quantitative estimate of drug-likeness (QED) is 0.580. The lowest BCUT2D eigenvalue weighted by molar-refractivity contribution is 0.581. The van der Waals surface area contributed by atoms with Crippen LogP contribution in [-0.2, 0) is 12.8 Å². The molecule has 0 aliphatic heterocycles. The highest BCUT2D eigenvalue weighted by molar-refractivity contribution is 5.22. The van der Waals surface area contributed by atoms with E-state index < -0.39 is 0 Å². The lowest BCUT2D eigenvalue weighted by atomic mass is 10.0. The van der Waals surface area contributed by atoms with Gasteiger partial charge in [0.05, 0.1) is 0 Å². The van der Waals surface area contributed by atoms with E-state index in [4.69, 9.17) is 0 Å². The molecule has 0 heterocycles. The zero-order valence-electron chi connectivity index (χ0n) is 9.67. The van der Waals surface area contributed by atoms with Crippen LogP contribution in [0.3, 0.4) is 0 Å². The zero-order chi connectivity index (χ0) is 10.3. The molecule has 0 fully saturated rings. The maximum absolute atomic E-state index is 2.33. The van der Waals surface area contributed by atoms with Crippen LogP contribution in [0.25, 0.3) is 0 Å². The molecule has 0 N–H and O–H groups in total. The highest BCUT2D eigenvalue weighted by Crippen LogP contribution is 2.15. The van der Waals surface area contributed by atoms with Crippen molar-refractivity contribution in [1.82, 2.24) is 0 Å². The molecule has 1 aromatic rings. The fourth-order valence-electron chi connectivity index (χ4n) is 2.41. The van der Waals surface area contributed by atoms with Crippen molar-refractivity contribution >= 4 is 0 Å². The minimum Gasteiger partial charge on any atom is -0.0588 e. The molecule has 0 radical (unpaired) electrons. The van der Waals surface area contributed by atoms with E-state index in [1.807, 2.05) is 0 Å². The molecule has 2 aliphatic rings. The van der Waals surface area contributed by atoms with Crippen LogP contribution in [0.2, 0.25) is 0 Å². The van der Waals surface area contributed by atoms with E-state index >= 15 is 0 Å². The molecule has 15 heavy (non-hydrogen) atoms. The summed E-state index contributed by atoms with van der Waals surface area (Å²) in [5.74, 6) is 0. The highest BCUT2D eigenvalue weighted by Gasteiger charge is 1.99. The first kappa shape index (κ1) is 10.7. The largest absolute Gasteiger partial charge is 0.0588 e. The molecular formula is C15H22. The molecule has 0 unspecified atom stereocenters. The molecule has 0 amide bonds. The normalized spacial score (nSPS) is 18.9. The van der Waals surface area contributed by atoms with Gasteiger partial charge in [-0.3, -0.25) is 0 Å². The number of hydrogen-bond donors (Lipinski definition) is 0. The van der Waals surface area contributed by atoms with E-state index in [0.717, 1.165) is 0 Å². The Morgan fingerprint density at radius 3 is 1.20 bits per heavy atom. The smallest absolute Gasteiger partial charge is 0.0279 e. The third-order valence-electron chi connectivity index (χ3n) is 3.45. The van der Waals surface area contributed by atoms with Crippen molar-refractivity contribution in [2.75, 3.05) is 0 Å². The van der Waals surface area contributed by atoms with E-state index in [-0.39, 0.29) is 0 Å². The minimum absolute atomic E-state index is 1.28. The lowest BCUT2D eigenvalue weighted by Gasteiger charge is -2.02. The number of rotatable bonds is 0. The predicted octanol–water partition coefficient (Wildman–Crippen LogP) is 4.52. The summed E-state index contributed by atoms with van der Waals surface area (Å²) in [4.78, 5) is 0. The Labute approximate surface area is 93.7 Å². The Hall–Kier alpha value is -0.780. The Kier molecular flexibility index (Phi) is 4.25. The molecule has 2 bridgehead atoms. The van der Waals surface area contributed by atoms with Crippen LogP contribution >= 0.6 is 0 Å². The Morgan fingerprint density at radius 2 is 0.800 bits per heavy atom. The summed E-state index contributed by atoms with van der Waals surface area (Å²) in [6.07, 6.45) is 12.5. The van der Waals surface area contributed by atoms with Gasteiger partial charge in [0.25, 0.3) is 0 Å². The molecule has 0 nitrogen and oxygen atoms in total. The maximum atomic E-state index is 2.33. The van der Waals surface area contributed by atoms with Crippen molar-refractivity contribution < 1.29 is 0 Å². The number of aryl methyl sites for hydroxylation is 2. The van der Waals surface area contributed by atoms with Gasteiger partial charge in [0.15, 0.2) is 0 Å². The second-order valence-electron chi connectivity index (χ2n) is 4.79. The van der Waals surface area contributed by atoms with Crippen molar-refractivity contribution in [2.24, 2.45) is 0 Å². The summed E-state index contributed by atoms with van der Waals surface area (Å²) in [7, 11) is 0. The van der Waals surface area contributed by atoms with E-state index in [1.165, 1.54) is 68.9 Å². The highest BCUT2D eigenvalue weighted by atomic mass is 14.0. The molecule has 1 aromatic carbocycles. The number of fused-ring (bicyclic) bond motifs is 10. The standard InChI is InChI=1S/C15H22/c1-2-4-6-8-14-10-12-15(13-11-14)9-7-5-3-1/h10-13H,1-9H2.